The molecule has 0 spiro atoms. The van der Waals surface area contributed by atoms with Crippen LogP contribution >= 0.6 is 22.9 Å². The molecule has 1 unspecified atom stereocenters. The van der Waals surface area contributed by atoms with Gasteiger partial charge in [0, 0.05) is 24.0 Å². The van der Waals surface area contributed by atoms with E-state index in [0.29, 0.717) is 6.04 Å². The fourth-order valence-electron chi connectivity index (χ4n) is 2.21. The molecule has 0 amide bonds. The van der Waals surface area contributed by atoms with Crippen molar-refractivity contribution >= 4 is 22.9 Å². The molecule has 2 rings (SSSR count). The van der Waals surface area contributed by atoms with Gasteiger partial charge >= 0.3 is 0 Å². The Balaban J connectivity index is 1.71. The van der Waals surface area contributed by atoms with Gasteiger partial charge in [-0.2, -0.15) is 0 Å². The molecule has 0 bridgehead atoms. The highest BCUT2D eigenvalue weighted by Crippen LogP contribution is 2.21. The molecule has 1 atom stereocenters. The number of hydrogen-bond donors (Lipinski definition) is 1. The van der Waals surface area contributed by atoms with E-state index < -0.39 is 0 Å². The van der Waals surface area contributed by atoms with Gasteiger partial charge in [0.25, 0.3) is 0 Å². The first kappa shape index (κ1) is 12.4. The quantitative estimate of drug-likeness (QED) is 0.893. The van der Waals surface area contributed by atoms with Crippen molar-refractivity contribution in [2.75, 3.05) is 20.1 Å². The number of thiophene rings is 1. The third-order valence-corrected chi connectivity index (χ3v) is 4.46. The van der Waals surface area contributed by atoms with Gasteiger partial charge in [-0.25, -0.2) is 0 Å². The van der Waals surface area contributed by atoms with Crippen LogP contribution in [0.2, 0.25) is 4.34 Å². The maximum Gasteiger partial charge on any atom is 0.0931 e. The Morgan fingerprint density at radius 3 is 3.06 bits per heavy atom. The lowest BCUT2D eigenvalue weighted by Gasteiger charge is -2.32. The average Bonchev–Trinajstić information content (AvgIpc) is 2.67. The SMILES string of the molecule is CN1CCCCC1CNCc1ccc(Cl)s1. The van der Waals surface area contributed by atoms with Gasteiger partial charge in [-0.1, -0.05) is 18.0 Å². The van der Waals surface area contributed by atoms with Gasteiger partial charge in [-0.3, -0.25) is 0 Å². The minimum atomic E-state index is 0.712. The molecular formula is C12H19ClN2S. The Morgan fingerprint density at radius 2 is 2.38 bits per heavy atom. The predicted octanol–water partition coefficient (Wildman–Crippen LogP) is 2.98. The summed E-state index contributed by atoms with van der Waals surface area (Å²) in [7, 11) is 2.23. The third-order valence-electron chi connectivity index (χ3n) is 3.23. The molecule has 1 N–H and O–H groups in total. The summed E-state index contributed by atoms with van der Waals surface area (Å²) in [4.78, 5) is 3.79. The van der Waals surface area contributed by atoms with Crippen molar-refractivity contribution in [3.8, 4) is 0 Å². The molecule has 0 aliphatic carbocycles. The predicted molar refractivity (Wildman–Crippen MR) is 71.3 cm³/mol. The second-order valence-electron chi connectivity index (χ2n) is 4.47. The highest BCUT2D eigenvalue weighted by molar-refractivity contribution is 7.16. The second-order valence-corrected chi connectivity index (χ2v) is 6.27. The molecule has 2 nitrogen and oxygen atoms in total. The van der Waals surface area contributed by atoms with E-state index in [1.165, 1.54) is 30.7 Å². The van der Waals surface area contributed by atoms with Crippen LogP contribution in [0.4, 0.5) is 0 Å². The fraction of sp³-hybridized carbons (Fsp3) is 0.667. The van der Waals surface area contributed by atoms with E-state index >= 15 is 0 Å². The summed E-state index contributed by atoms with van der Waals surface area (Å²) < 4.78 is 0.881. The number of hydrogen-bond acceptors (Lipinski definition) is 3. The summed E-state index contributed by atoms with van der Waals surface area (Å²) in [5.74, 6) is 0. The Kier molecular flexibility index (Phi) is 4.65. The van der Waals surface area contributed by atoms with Gasteiger partial charge in [0.1, 0.15) is 0 Å². The van der Waals surface area contributed by atoms with Crippen LogP contribution in [-0.2, 0) is 6.54 Å². The molecular weight excluding hydrogens is 240 g/mol. The van der Waals surface area contributed by atoms with Crippen LogP contribution in [0.1, 0.15) is 24.1 Å². The van der Waals surface area contributed by atoms with Gasteiger partial charge in [0.2, 0.25) is 0 Å². The molecule has 0 aromatic carbocycles. The number of piperidine rings is 1. The molecule has 90 valence electrons. The Hall–Kier alpha value is -0.0900. The van der Waals surface area contributed by atoms with Crippen molar-refractivity contribution < 1.29 is 0 Å². The number of rotatable bonds is 4. The maximum atomic E-state index is 5.89. The van der Waals surface area contributed by atoms with Gasteiger partial charge in [-0.05, 0) is 38.6 Å². The van der Waals surface area contributed by atoms with Crippen LogP contribution in [-0.4, -0.2) is 31.1 Å². The van der Waals surface area contributed by atoms with Crippen molar-refractivity contribution in [1.82, 2.24) is 10.2 Å². The van der Waals surface area contributed by atoms with E-state index in [-0.39, 0.29) is 0 Å². The van der Waals surface area contributed by atoms with Crippen LogP contribution in [0, 0.1) is 0 Å². The number of likely N-dealkylation sites (N-methyl/N-ethyl adjacent to an activating group) is 1. The zero-order valence-corrected chi connectivity index (χ0v) is 11.3. The first-order valence-corrected chi connectivity index (χ1v) is 7.10. The van der Waals surface area contributed by atoms with Gasteiger partial charge < -0.3 is 10.2 Å². The van der Waals surface area contributed by atoms with Crippen molar-refractivity contribution in [3.05, 3.63) is 21.3 Å². The number of halogens is 1. The van der Waals surface area contributed by atoms with Crippen LogP contribution < -0.4 is 5.32 Å². The molecule has 0 radical (unpaired) electrons. The topological polar surface area (TPSA) is 15.3 Å². The summed E-state index contributed by atoms with van der Waals surface area (Å²) in [5, 5.41) is 3.53. The van der Waals surface area contributed by atoms with Crippen LogP contribution in [0.15, 0.2) is 12.1 Å². The number of nitrogens with zero attached hydrogens (tertiary/aromatic N) is 1. The second kappa shape index (κ2) is 6.01. The highest BCUT2D eigenvalue weighted by atomic mass is 35.5. The highest BCUT2D eigenvalue weighted by Gasteiger charge is 2.17. The normalized spacial score (nSPS) is 22.5. The summed E-state index contributed by atoms with van der Waals surface area (Å²) in [6.07, 6.45) is 4.06. The molecule has 1 aliphatic heterocycles. The van der Waals surface area contributed by atoms with E-state index in [2.05, 4.69) is 23.3 Å². The number of nitrogens with one attached hydrogen (secondary N) is 1. The maximum absolute atomic E-state index is 5.89. The molecule has 1 fully saturated rings. The molecule has 1 saturated heterocycles. The lowest BCUT2D eigenvalue weighted by Crippen LogP contribution is -2.42. The van der Waals surface area contributed by atoms with E-state index in [9.17, 15) is 0 Å². The van der Waals surface area contributed by atoms with Crippen LogP contribution in [0.25, 0.3) is 0 Å². The number of likely N-dealkylation sites (tertiary alicyclic amines) is 1. The lowest BCUT2D eigenvalue weighted by molar-refractivity contribution is 0.181. The van der Waals surface area contributed by atoms with E-state index in [4.69, 9.17) is 11.6 Å². The molecule has 1 aromatic rings. The van der Waals surface area contributed by atoms with E-state index in [1.54, 1.807) is 11.3 Å². The summed E-state index contributed by atoms with van der Waals surface area (Å²) >= 11 is 7.56. The van der Waals surface area contributed by atoms with Gasteiger partial charge in [-0.15, -0.1) is 11.3 Å². The molecule has 0 saturated carbocycles. The standard InChI is InChI=1S/C12H19ClN2S/c1-15-7-3-2-4-10(15)8-14-9-11-5-6-12(13)16-11/h5-6,10,14H,2-4,7-9H2,1H3. The Labute approximate surface area is 107 Å². The zero-order chi connectivity index (χ0) is 11.4. The molecule has 1 aromatic heterocycles. The zero-order valence-electron chi connectivity index (χ0n) is 9.71. The summed E-state index contributed by atoms with van der Waals surface area (Å²) in [5.41, 5.74) is 0. The van der Waals surface area contributed by atoms with Gasteiger partial charge in [0.15, 0.2) is 0 Å². The molecule has 16 heavy (non-hydrogen) atoms. The minimum Gasteiger partial charge on any atom is -0.310 e. The third kappa shape index (κ3) is 3.45. The first-order chi connectivity index (χ1) is 7.75. The van der Waals surface area contributed by atoms with Crippen molar-refractivity contribution in [1.29, 1.82) is 0 Å². The van der Waals surface area contributed by atoms with Crippen molar-refractivity contribution in [2.24, 2.45) is 0 Å². The van der Waals surface area contributed by atoms with Gasteiger partial charge in [0.05, 0.1) is 4.34 Å². The minimum absolute atomic E-state index is 0.712. The molecule has 2 heterocycles. The smallest absolute Gasteiger partial charge is 0.0931 e. The Morgan fingerprint density at radius 1 is 1.50 bits per heavy atom. The van der Waals surface area contributed by atoms with E-state index in [1.807, 2.05) is 6.07 Å². The van der Waals surface area contributed by atoms with Crippen molar-refractivity contribution in [2.45, 2.75) is 31.8 Å². The first-order valence-electron chi connectivity index (χ1n) is 5.91. The summed E-state index contributed by atoms with van der Waals surface area (Å²) in [6.45, 7) is 3.28. The molecule has 1 aliphatic rings. The lowest BCUT2D eigenvalue weighted by atomic mass is 10.0. The Bertz CT molecular complexity index is 327. The monoisotopic (exact) mass is 258 g/mol. The average molecular weight is 259 g/mol. The fourth-order valence-corrected chi connectivity index (χ4v) is 3.27. The van der Waals surface area contributed by atoms with Crippen molar-refractivity contribution in [3.63, 3.8) is 0 Å². The molecule has 4 heteroatoms. The largest absolute Gasteiger partial charge is 0.310 e. The van der Waals surface area contributed by atoms with Crippen LogP contribution in [0.3, 0.4) is 0 Å². The summed E-state index contributed by atoms with van der Waals surface area (Å²) in [6, 6.07) is 4.78. The van der Waals surface area contributed by atoms with Crippen LogP contribution in [0.5, 0.6) is 0 Å². The van der Waals surface area contributed by atoms with E-state index in [0.717, 1.165) is 17.4 Å².